The molecular weight excluding hydrogens is 410 g/mol. The topological polar surface area (TPSA) is 96.3 Å². The van der Waals surface area contributed by atoms with Crippen LogP contribution in [0.2, 0.25) is 0 Å². The van der Waals surface area contributed by atoms with Gasteiger partial charge in [-0.3, -0.25) is 9.59 Å². The molecule has 4 rings (SSSR count). The fraction of sp³-hybridized carbons (Fsp3) is 0.0588. The Kier molecular flexibility index (Phi) is 3.31. The second-order valence-electron chi connectivity index (χ2n) is 5.71. The second kappa shape index (κ2) is 5.10. The first-order chi connectivity index (χ1) is 11.7. The molecule has 0 amide bonds. The first-order valence-electron chi connectivity index (χ1n) is 7.18. The number of benzene rings is 2. The van der Waals surface area contributed by atoms with Gasteiger partial charge in [0.15, 0.2) is 5.78 Å². The molecule has 0 aliphatic heterocycles. The maximum atomic E-state index is 12.9. The molecule has 25 heavy (non-hydrogen) atoms. The van der Waals surface area contributed by atoms with E-state index in [1.54, 1.807) is 36.4 Å². The van der Waals surface area contributed by atoms with E-state index < -0.39 is 20.6 Å². The van der Waals surface area contributed by atoms with Crippen molar-refractivity contribution >= 4 is 42.7 Å². The van der Waals surface area contributed by atoms with Crippen molar-refractivity contribution in [3.63, 3.8) is 0 Å². The highest BCUT2D eigenvalue weighted by Crippen LogP contribution is 2.43. The molecule has 0 atom stereocenters. The summed E-state index contributed by atoms with van der Waals surface area (Å²) in [5, 5.41) is 0.287. The number of rotatable bonds is 1. The van der Waals surface area contributed by atoms with Crippen LogP contribution in [0, 0.1) is 0 Å². The molecule has 0 saturated heterocycles. The Labute approximate surface area is 150 Å². The van der Waals surface area contributed by atoms with Crippen LogP contribution in [0.5, 0.6) is 0 Å². The Balaban J connectivity index is 2.45. The third kappa shape index (κ3) is 2.08. The SMILES string of the molecule is Cn1c(=O)c(S(=O)(=O)[O-])c2c3c(c(Br)ccc31)C(=O)c1ccccc1-2. The van der Waals surface area contributed by atoms with Gasteiger partial charge < -0.3 is 9.12 Å². The molecule has 0 unspecified atom stereocenters. The minimum Gasteiger partial charge on any atom is -0.744 e. The summed E-state index contributed by atoms with van der Waals surface area (Å²) in [5.41, 5.74) is 0.242. The molecule has 1 aliphatic carbocycles. The van der Waals surface area contributed by atoms with Crippen LogP contribution < -0.4 is 5.56 Å². The average Bonchev–Trinajstić information content (AvgIpc) is 2.55. The highest BCUT2D eigenvalue weighted by atomic mass is 79.9. The molecule has 0 N–H and O–H groups in total. The van der Waals surface area contributed by atoms with Gasteiger partial charge in [0, 0.05) is 33.6 Å². The molecular formula is C17H9BrNO5S-. The number of ketones is 1. The highest BCUT2D eigenvalue weighted by Gasteiger charge is 2.32. The lowest BCUT2D eigenvalue weighted by atomic mass is 9.84. The van der Waals surface area contributed by atoms with E-state index in [-0.39, 0.29) is 33.4 Å². The van der Waals surface area contributed by atoms with Crippen LogP contribution in [0.1, 0.15) is 15.9 Å². The number of carbonyl (C=O) groups is 1. The van der Waals surface area contributed by atoms with Crippen molar-refractivity contribution in [1.82, 2.24) is 4.57 Å². The van der Waals surface area contributed by atoms with Crippen molar-refractivity contribution in [2.45, 2.75) is 4.90 Å². The van der Waals surface area contributed by atoms with Crippen molar-refractivity contribution in [2.24, 2.45) is 7.05 Å². The fourth-order valence-electron chi connectivity index (χ4n) is 3.33. The fourth-order valence-corrected chi connectivity index (χ4v) is 4.65. The van der Waals surface area contributed by atoms with Crippen LogP contribution in [0.3, 0.4) is 0 Å². The smallest absolute Gasteiger partial charge is 0.269 e. The summed E-state index contributed by atoms with van der Waals surface area (Å²) in [6.45, 7) is 0. The molecule has 0 radical (unpaired) electrons. The maximum Gasteiger partial charge on any atom is 0.269 e. The number of nitrogens with zero attached hydrogens (tertiary/aromatic N) is 1. The second-order valence-corrected chi connectivity index (χ2v) is 7.88. The average molecular weight is 419 g/mol. The summed E-state index contributed by atoms with van der Waals surface area (Å²) >= 11 is 3.32. The normalized spacial score (nSPS) is 13.2. The molecule has 1 aliphatic rings. The first-order valence-corrected chi connectivity index (χ1v) is 9.39. The summed E-state index contributed by atoms with van der Waals surface area (Å²) in [6.07, 6.45) is 0. The van der Waals surface area contributed by atoms with Gasteiger partial charge in [-0.25, -0.2) is 8.42 Å². The van der Waals surface area contributed by atoms with Gasteiger partial charge in [-0.2, -0.15) is 0 Å². The van der Waals surface area contributed by atoms with E-state index in [1.165, 1.54) is 7.05 Å². The zero-order valence-electron chi connectivity index (χ0n) is 12.7. The lowest BCUT2D eigenvalue weighted by Gasteiger charge is -2.25. The molecule has 1 heterocycles. The molecule has 2 aromatic carbocycles. The van der Waals surface area contributed by atoms with Crippen LogP contribution in [0.4, 0.5) is 0 Å². The van der Waals surface area contributed by atoms with E-state index in [9.17, 15) is 22.6 Å². The Hall–Kier alpha value is -2.29. The number of aryl methyl sites for hydroxylation is 1. The van der Waals surface area contributed by atoms with E-state index in [0.717, 1.165) is 4.57 Å². The quantitative estimate of drug-likeness (QED) is 0.442. The van der Waals surface area contributed by atoms with Gasteiger partial charge in [0.25, 0.3) is 5.56 Å². The molecule has 6 nitrogen and oxygen atoms in total. The van der Waals surface area contributed by atoms with E-state index in [1.807, 2.05) is 0 Å². The summed E-state index contributed by atoms with van der Waals surface area (Å²) in [4.78, 5) is 24.7. The molecule has 3 aromatic rings. The van der Waals surface area contributed by atoms with Crippen LogP contribution in [0.25, 0.3) is 22.0 Å². The van der Waals surface area contributed by atoms with Crippen molar-refractivity contribution in [3.8, 4) is 11.1 Å². The highest BCUT2D eigenvalue weighted by molar-refractivity contribution is 9.10. The predicted octanol–water partition coefficient (Wildman–Crippen LogP) is 2.42. The van der Waals surface area contributed by atoms with Crippen LogP contribution in [-0.4, -0.2) is 23.3 Å². The van der Waals surface area contributed by atoms with Crippen LogP contribution in [0.15, 0.2) is 50.6 Å². The minimum atomic E-state index is -5.06. The van der Waals surface area contributed by atoms with Gasteiger partial charge in [-0.1, -0.05) is 40.2 Å². The third-order valence-corrected chi connectivity index (χ3v) is 5.93. The first kappa shape index (κ1) is 16.2. The number of hydrogen-bond acceptors (Lipinski definition) is 5. The number of hydrogen-bond donors (Lipinski definition) is 0. The number of halogens is 1. The van der Waals surface area contributed by atoms with Crippen molar-refractivity contribution < 1.29 is 17.8 Å². The summed E-state index contributed by atoms with van der Waals surface area (Å²) in [5.74, 6) is -0.298. The third-order valence-electron chi connectivity index (χ3n) is 4.39. The Bertz CT molecular complexity index is 1270. The van der Waals surface area contributed by atoms with Crippen molar-refractivity contribution in [1.29, 1.82) is 0 Å². The van der Waals surface area contributed by atoms with E-state index in [4.69, 9.17) is 0 Å². The predicted molar refractivity (Wildman–Crippen MR) is 93.7 cm³/mol. The molecule has 0 bridgehead atoms. The van der Waals surface area contributed by atoms with E-state index >= 15 is 0 Å². The molecule has 1 aromatic heterocycles. The Morgan fingerprint density at radius 3 is 2.28 bits per heavy atom. The summed E-state index contributed by atoms with van der Waals surface area (Å²) in [7, 11) is -3.68. The van der Waals surface area contributed by atoms with Crippen molar-refractivity contribution in [2.75, 3.05) is 0 Å². The molecule has 126 valence electrons. The van der Waals surface area contributed by atoms with Crippen LogP contribution >= 0.6 is 15.9 Å². The van der Waals surface area contributed by atoms with Gasteiger partial charge in [-0.05, 0) is 17.7 Å². The Morgan fingerprint density at radius 2 is 1.64 bits per heavy atom. The van der Waals surface area contributed by atoms with E-state index in [2.05, 4.69) is 15.9 Å². The zero-order valence-corrected chi connectivity index (χ0v) is 15.1. The zero-order chi connectivity index (χ0) is 18.1. The minimum absolute atomic E-state index is 0.000370. The maximum absolute atomic E-state index is 12.9. The van der Waals surface area contributed by atoms with Gasteiger partial charge in [0.1, 0.15) is 15.0 Å². The lowest BCUT2D eigenvalue weighted by Crippen LogP contribution is -2.27. The number of pyridine rings is 1. The van der Waals surface area contributed by atoms with E-state index in [0.29, 0.717) is 9.99 Å². The largest absolute Gasteiger partial charge is 0.744 e. The Morgan fingerprint density at radius 1 is 1.00 bits per heavy atom. The number of carbonyl (C=O) groups excluding carboxylic acids is 1. The number of fused-ring (bicyclic) bond motifs is 2. The summed E-state index contributed by atoms with van der Waals surface area (Å²) < 4.78 is 37.2. The van der Waals surface area contributed by atoms with Crippen LogP contribution in [-0.2, 0) is 17.2 Å². The lowest BCUT2D eigenvalue weighted by molar-refractivity contribution is 0.103. The monoisotopic (exact) mass is 418 g/mol. The molecule has 0 fully saturated rings. The molecule has 8 heteroatoms. The van der Waals surface area contributed by atoms with Gasteiger partial charge in [0.2, 0.25) is 0 Å². The van der Waals surface area contributed by atoms with Gasteiger partial charge >= 0.3 is 0 Å². The summed E-state index contributed by atoms with van der Waals surface area (Å²) in [6, 6.07) is 9.58. The number of aromatic nitrogens is 1. The van der Waals surface area contributed by atoms with Gasteiger partial charge in [-0.15, -0.1) is 0 Å². The molecule has 0 spiro atoms. The standard InChI is InChI=1S/C17H10BrNO5S/c1-19-11-7-6-10(18)13-14(11)12(16(17(19)21)25(22,23)24)8-4-2-3-5-9(8)15(13)20/h2-7H,1H3,(H,22,23,24)/p-1. The van der Waals surface area contributed by atoms with Crippen molar-refractivity contribution in [3.05, 3.63) is 62.4 Å². The van der Waals surface area contributed by atoms with Gasteiger partial charge in [0.05, 0.1) is 5.52 Å². The molecule has 0 saturated carbocycles.